The Morgan fingerprint density at radius 3 is 2.19 bits per heavy atom. The van der Waals surface area contributed by atoms with Crippen LogP contribution in [0.15, 0.2) is 72.8 Å². The molecule has 1 aliphatic heterocycles. The van der Waals surface area contributed by atoms with Crippen LogP contribution in [0.2, 0.25) is 0 Å². The first-order valence-corrected chi connectivity index (χ1v) is 11.9. The number of aliphatic hydroxyl groups is 2. The lowest BCUT2D eigenvalue weighted by molar-refractivity contribution is -0.153. The van der Waals surface area contributed by atoms with E-state index < -0.39 is 24.0 Å². The Hall–Kier alpha value is -3.75. The molecule has 1 fully saturated rings. The van der Waals surface area contributed by atoms with E-state index in [-0.39, 0.29) is 25.5 Å². The smallest absolute Gasteiger partial charge is 0.254 e. The van der Waals surface area contributed by atoms with E-state index in [2.05, 4.69) is 5.32 Å². The molecule has 1 aliphatic rings. The van der Waals surface area contributed by atoms with Gasteiger partial charge in [-0.2, -0.15) is 0 Å². The predicted molar refractivity (Wildman–Crippen MR) is 136 cm³/mol. The highest BCUT2D eigenvalue weighted by Gasteiger charge is 2.34. The van der Waals surface area contributed by atoms with Crippen molar-refractivity contribution >= 4 is 17.5 Å². The van der Waals surface area contributed by atoms with Crippen LogP contribution in [-0.4, -0.2) is 65.3 Å². The molecule has 8 heteroatoms. The van der Waals surface area contributed by atoms with Gasteiger partial charge < -0.3 is 25.3 Å². The number of benzene rings is 3. The lowest BCUT2D eigenvalue weighted by atomic mass is 9.99. The van der Waals surface area contributed by atoms with Crippen molar-refractivity contribution in [3.8, 4) is 11.1 Å². The summed E-state index contributed by atoms with van der Waals surface area (Å²) in [7, 11) is 0. The summed E-state index contributed by atoms with van der Waals surface area (Å²) in [4.78, 5) is 28.3. The number of rotatable bonds is 7. The van der Waals surface area contributed by atoms with Crippen molar-refractivity contribution in [1.82, 2.24) is 10.2 Å². The van der Waals surface area contributed by atoms with Crippen molar-refractivity contribution in [1.29, 1.82) is 0 Å². The van der Waals surface area contributed by atoms with Crippen molar-refractivity contribution in [2.75, 3.05) is 31.1 Å². The first kappa shape index (κ1) is 25.3. The number of nitrogens with zero attached hydrogens (tertiary/aromatic N) is 2. The molecule has 0 radical (unpaired) electrons. The molecule has 3 aromatic rings. The second-order valence-electron chi connectivity index (χ2n) is 8.88. The second kappa shape index (κ2) is 11.3. The Kier molecular flexibility index (Phi) is 7.97. The van der Waals surface area contributed by atoms with Gasteiger partial charge in [-0.3, -0.25) is 9.59 Å². The lowest BCUT2D eigenvalue weighted by Crippen LogP contribution is -2.55. The summed E-state index contributed by atoms with van der Waals surface area (Å²) in [5, 5.41) is 23.2. The zero-order valence-electron chi connectivity index (χ0n) is 20.1. The van der Waals surface area contributed by atoms with Crippen molar-refractivity contribution in [3.05, 3.63) is 89.7 Å². The van der Waals surface area contributed by atoms with E-state index in [0.29, 0.717) is 18.8 Å². The van der Waals surface area contributed by atoms with Crippen LogP contribution in [0.1, 0.15) is 11.1 Å². The maximum atomic E-state index is 14.0. The fourth-order valence-corrected chi connectivity index (χ4v) is 4.33. The van der Waals surface area contributed by atoms with Gasteiger partial charge in [0, 0.05) is 32.7 Å². The topological polar surface area (TPSA) is 93.1 Å². The van der Waals surface area contributed by atoms with E-state index in [4.69, 9.17) is 0 Å². The number of para-hydroxylation sites is 1. The number of piperazine rings is 1. The summed E-state index contributed by atoms with van der Waals surface area (Å²) in [6.45, 7) is 3.42. The van der Waals surface area contributed by atoms with Crippen LogP contribution in [0.3, 0.4) is 0 Å². The molecule has 0 unspecified atom stereocenters. The van der Waals surface area contributed by atoms with E-state index >= 15 is 0 Å². The van der Waals surface area contributed by atoms with E-state index in [1.54, 1.807) is 18.2 Å². The fraction of sp³-hybridized carbons (Fsp3) is 0.286. The molecule has 0 spiro atoms. The lowest BCUT2D eigenvalue weighted by Gasteiger charge is -2.37. The monoisotopic (exact) mass is 491 g/mol. The van der Waals surface area contributed by atoms with Gasteiger partial charge in [-0.05, 0) is 41.3 Å². The van der Waals surface area contributed by atoms with Crippen LogP contribution in [0, 0.1) is 12.7 Å². The van der Waals surface area contributed by atoms with E-state index in [9.17, 15) is 24.2 Å². The van der Waals surface area contributed by atoms with E-state index in [1.165, 1.54) is 11.0 Å². The molecule has 188 valence electrons. The highest BCUT2D eigenvalue weighted by Crippen LogP contribution is 2.23. The number of aliphatic hydroxyl groups excluding tert-OH is 2. The first-order valence-electron chi connectivity index (χ1n) is 11.9. The Bertz CT molecular complexity index is 1210. The van der Waals surface area contributed by atoms with Gasteiger partial charge >= 0.3 is 0 Å². The van der Waals surface area contributed by atoms with Crippen molar-refractivity contribution < 1.29 is 24.2 Å². The number of hydrogen-bond acceptors (Lipinski definition) is 5. The number of carbonyl (C=O) groups is 2. The highest BCUT2D eigenvalue weighted by molar-refractivity contribution is 5.90. The Labute approximate surface area is 209 Å². The SMILES string of the molecule is Cc1ccccc1-c1ccc(CNC(=O)[C@H](O)[C@@H](O)C(=O)N2CCN(c3ccccc3F)CC2)cc1. The molecule has 1 saturated heterocycles. The van der Waals surface area contributed by atoms with Gasteiger partial charge in [0.15, 0.2) is 12.2 Å². The number of carbonyl (C=O) groups excluding carboxylic acids is 2. The summed E-state index contributed by atoms with van der Waals surface area (Å²) >= 11 is 0. The highest BCUT2D eigenvalue weighted by atomic mass is 19.1. The quantitative estimate of drug-likeness (QED) is 0.472. The van der Waals surface area contributed by atoms with E-state index in [1.807, 2.05) is 60.4 Å². The third-order valence-corrected chi connectivity index (χ3v) is 6.48. The molecule has 36 heavy (non-hydrogen) atoms. The van der Waals surface area contributed by atoms with Crippen LogP contribution in [0.4, 0.5) is 10.1 Å². The average Bonchev–Trinajstić information content (AvgIpc) is 2.91. The molecule has 2 amide bonds. The summed E-state index contributed by atoms with van der Waals surface area (Å²) in [6, 6.07) is 22.1. The van der Waals surface area contributed by atoms with Crippen molar-refractivity contribution in [2.24, 2.45) is 0 Å². The Morgan fingerprint density at radius 2 is 1.53 bits per heavy atom. The minimum absolute atomic E-state index is 0.145. The zero-order chi connectivity index (χ0) is 25.7. The largest absolute Gasteiger partial charge is 0.380 e. The molecule has 2 atom stereocenters. The van der Waals surface area contributed by atoms with Crippen LogP contribution in [0.5, 0.6) is 0 Å². The number of halogens is 1. The average molecular weight is 492 g/mol. The maximum absolute atomic E-state index is 14.0. The first-order chi connectivity index (χ1) is 17.3. The molecular weight excluding hydrogens is 461 g/mol. The van der Waals surface area contributed by atoms with Gasteiger partial charge in [-0.25, -0.2) is 4.39 Å². The van der Waals surface area contributed by atoms with Crippen LogP contribution >= 0.6 is 0 Å². The van der Waals surface area contributed by atoms with Gasteiger partial charge in [-0.15, -0.1) is 0 Å². The Morgan fingerprint density at radius 1 is 0.889 bits per heavy atom. The molecule has 0 saturated carbocycles. The van der Waals surface area contributed by atoms with E-state index in [0.717, 1.165) is 22.3 Å². The van der Waals surface area contributed by atoms with Gasteiger partial charge in [0.25, 0.3) is 11.8 Å². The van der Waals surface area contributed by atoms with Gasteiger partial charge in [0.2, 0.25) is 0 Å². The number of hydrogen-bond donors (Lipinski definition) is 3. The summed E-state index contributed by atoms with van der Waals surface area (Å²) in [6.07, 6.45) is -3.78. The molecule has 7 nitrogen and oxygen atoms in total. The summed E-state index contributed by atoms with van der Waals surface area (Å²) < 4.78 is 14.0. The van der Waals surface area contributed by atoms with Gasteiger partial charge in [0.05, 0.1) is 5.69 Å². The third kappa shape index (κ3) is 5.72. The normalized spacial score (nSPS) is 15.3. The van der Waals surface area contributed by atoms with Crippen LogP contribution in [-0.2, 0) is 16.1 Å². The molecule has 0 aliphatic carbocycles. The molecule has 0 bridgehead atoms. The predicted octanol–water partition coefficient (Wildman–Crippen LogP) is 2.49. The molecule has 3 aromatic carbocycles. The maximum Gasteiger partial charge on any atom is 0.254 e. The minimum atomic E-state index is -1.90. The van der Waals surface area contributed by atoms with Crippen molar-refractivity contribution in [3.63, 3.8) is 0 Å². The second-order valence-corrected chi connectivity index (χ2v) is 8.88. The standard InChI is InChI=1S/C28H30FN3O4/c1-19-6-2-3-7-22(19)21-12-10-20(11-13-21)18-30-27(35)25(33)26(34)28(36)32-16-14-31(15-17-32)24-9-5-4-8-23(24)29/h2-13,25-26,33-34H,14-18H2,1H3,(H,30,35)/t25-,26-/m1/s1. The van der Waals surface area contributed by atoms with Crippen LogP contribution < -0.4 is 10.2 Å². The molecule has 1 heterocycles. The summed E-state index contributed by atoms with van der Waals surface area (Å²) in [5.74, 6) is -1.90. The number of nitrogens with one attached hydrogen (secondary N) is 1. The fourth-order valence-electron chi connectivity index (χ4n) is 4.33. The Balaban J connectivity index is 1.27. The van der Waals surface area contributed by atoms with Gasteiger partial charge in [0.1, 0.15) is 5.82 Å². The third-order valence-electron chi connectivity index (χ3n) is 6.48. The van der Waals surface area contributed by atoms with Crippen molar-refractivity contribution in [2.45, 2.75) is 25.7 Å². The molecule has 3 N–H and O–H groups in total. The molecule has 0 aromatic heterocycles. The van der Waals surface area contributed by atoms with Crippen LogP contribution in [0.25, 0.3) is 11.1 Å². The number of anilines is 1. The van der Waals surface area contributed by atoms with Gasteiger partial charge in [-0.1, -0.05) is 60.7 Å². The molecule has 4 rings (SSSR count). The molecular formula is C28H30FN3O4. The zero-order valence-corrected chi connectivity index (χ0v) is 20.1. The number of aryl methyl sites for hydroxylation is 1. The minimum Gasteiger partial charge on any atom is -0.380 e. The summed E-state index contributed by atoms with van der Waals surface area (Å²) in [5.41, 5.74) is 4.61. The number of amides is 2.